The zero-order chi connectivity index (χ0) is 34.6. The minimum absolute atomic E-state index is 0.650. The summed E-state index contributed by atoms with van der Waals surface area (Å²) in [5, 5.41) is 21.4. The molecule has 1 aromatic rings. The summed E-state index contributed by atoms with van der Waals surface area (Å²) in [6.07, 6.45) is -10.7. The van der Waals surface area contributed by atoms with Gasteiger partial charge in [-0.05, 0) is 58.8 Å². The van der Waals surface area contributed by atoms with Crippen molar-refractivity contribution >= 4 is 17.9 Å². The molecule has 3 atom stereocenters. The van der Waals surface area contributed by atoms with Gasteiger partial charge in [0.2, 0.25) is 0 Å². The Morgan fingerprint density at radius 1 is 0.909 bits per heavy atom. The van der Waals surface area contributed by atoms with Gasteiger partial charge in [0.25, 0.3) is 0 Å². The van der Waals surface area contributed by atoms with Crippen LogP contribution >= 0.6 is 0 Å². The van der Waals surface area contributed by atoms with E-state index in [1.807, 2.05) is 12.3 Å². The van der Waals surface area contributed by atoms with Crippen molar-refractivity contribution in [3.63, 3.8) is 0 Å². The lowest BCUT2D eigenvalue weighted by atomic mass is 9.91. The second-order valence-corrected chi connectivity index (χ2v) is 10.3. The Kier molecular flexibility index (Phi) is 16.1. The number of hydrogen-bond acceptors (Lipinski definition) is 7. The number of carboxylic acid groups (broad SMARTS) is 3. The molecule has 0 radical (unpaired) electrons. The molecule has 0 aliphatic carbocycles. The molecule has 0 bridgehead atoms. The first-order valence-electron chi connectivity index (χ1n) is 12.8. The first-order chi connectivity index (χ1) is 19.9. The second kappa shape index (κ2) is 17.3. The van der Waals surface area contributed by atoms with Crippen molar-refractivity contribution in [2.45, 2.75) is 69.9 Å². The molecule has 2 saturated heterocycles. The van der Waals surface area contributed by atoms with Gasteiger partial charge in [0, 0.05) is 50.5 Å². The van der Waals surface area contributed by atoms with E-state index in [0.29, 0.717) is 6.04 Å². The minimum Gasteiger partial charge on any atom is -0.475 e. The highest BCUT2D eigenvalue weighted by molar-refractivity contribution is 5.73. The van der Waals surface area contributed by atoms with Gasteiger partial charge >= 0.3 is 36.4 Å². The highest BCUT2D eigenvalue weighted by Gasteiger charge is 2.45. The first kappa shape index (κ1) is 40.8. The number of alkyl halides is 9. The standard InChI is InChI=1S/C19H32N4.3C2HF3O2/c1-15(2)23-18(14-21(3)4)11-16-12-22(10-8-19(16)23)13-17-7-5-6-9-20-17;3*3-2(4,5)1(6)7/h5-7,9,15-16,18-19H,8,10-14H2,1-4H3;3*(H,6,7)/t16-,18+,19+;;;/m1.../s1. The number of carbonyl (C=O) groups is 3. The maximum absolute atomic E-state index is 10.6. The Morgan fingerprint density at radius 3 is 1.70 bits per heavy atom. The number of halogens is 9. The van der Waals surface area contributed by atoms with Crippen molar-refractivity contribution in [2.24, 2.45) is 5.92 Å². The van der Waals surface area contributed by atoms with Crippen LogP contribution in [0, 0.1) is 5.92 Å². The fraction of sp³-hybridized carbons (Fsp3) is 0.680. The molecule has 0 saturated carbocycles. The molecule has 0 spiro atoms. The van der Waals surface area contributed by atoms with E-state index in [2.05, 4.69) is 59.8 Å². The van der Waals surface area contributed by atoms with E-state index in [0.717, 1.165) is 24.5 Å². The minimum atomic E-state index is -5.08. The smallest absolute Gasteiger partial charge is 0.475 e. The van der Waals surface area contributed by atoms with Gasteiger partial charge in [-0.3, -0.25) is 14.8 Å². The molecule has 3 N–H and O–H groups in total. The number of aliphatic carboxylic acids is 3. The Morgan fingerprint density at radius 2 is 1.36 bits per heavy atom. The van der Waals surface area contributed by atoms with Crippen LogP contribution in [0.15, 0.2) is 24.4 Å². The predicted octanol–water partition coefficient (Wildman–Crippen LogP) is 4.22. The number of likely N-dealkylation sites (tertiary alicyclic amines) is 2. The van der Waals surface area contributed by atoms with Gasteiger partial charge in [-0.2, -0.15) is 39.5 Å². The van der Waals surface area contributed by atoms with Gasteiger partial charge in [0.1, 0.15) is 0 Å². The zero-order valence-corrected chi connectivity index (χ0v) is 24.1. The van der Waals surface area contributed by atoms with Gasteiger partial charge in [0.05, 0.1) is 5.69 Å². The number of nitrogens with zero attached hydrogens (tertiary/aromatic N) is 4. The average molecular weight is 659 g/mol. The largest absolute Gasteiger partial charge is 0.490 e. The number of hydrogen-bond donors (Lipinski definition) is 3. The van der Waals surface area contributed by atoms with E-state index >= 15 is 0 Å². The molecule has 44 heavy (non-hydrogen) atoms. The summed E-state index contributed by atoms with van der Waals surface area (Å²) >= 11 is 0. The number of fused-ring (bicyclic) bond motifs is 1. The highest BCUT2D eigenvalue weighted by atomic mass is 19.4. The highest BCUT2D eigenvalue weighted by Crippen LogP contribution is 2.37. The van der Waals surface area contributed by atoms with Crippen molar-refractivity contribution in [1.82, 2.24) is 19.7 Å². The van der Waals surface area contributed by atoms with Crippen LogP contribution in [0.25, 0.3) is 0 Å². The van der Waals surface area contributed by atoms with Crippen molar-refractivity contribution in [2.75, 3.05) is 33.7 Å². The van der Waals surface area contributed by atoms with E-state index in [9.17, 15) is 39.5 Å². The van der Waals surface area contributed by atoms with Crippen LogP contribution in [0.4, 0.5) is 39.5 Å². The van der Waals surface area contributed by atoms with Gasteiger partial charge in [-0.1, -0.05) is 6.07 Å². The number of piperidine rings is 1. The molecule has 3 heterocycles. The maximum atomic E-state index is 10.6. The van der Waals surface area contributed by atoms with E-state index in [-0.39, 0.29) is 0 Å². The maximum Gasteiger partial charge on any atom is 0.490 e. The number of pyridine rings is 1. The van der Waals surface area contributed by atoms with Crippen LogP contribution in [0.1, 0.15) is 32.4 Å². The summed E-state index contributed by atoms with van der Waals surface area (Å²) in [5.74, 6) is -7.45. The molecule has 0 unspecified atom stereocenters. The second-order valence-electron chi connectivity index (χ2n) is 10.3. The van der Waals surface area contributed by atoms with Gasteiger partial charge < -0.3 is 20.2 Å². The lowest BCUT2D eigenvalue weighted by Crippen LogP contribution is -2.50. The number of rotatable bonds is 5. The lowest BCUT2D eigenvalue weighted by molar-refractivity contribution is -0.193. The van der Waals surface area contributed by atoms with Crippen molar-refractivity contribution in [1.29, 1.82) is 0 Å². The molecular weight excluding hydrogens is 623 g/mol. The van der Waals surface area contributed by atoms with E-state index in [1.165, 1.54) is 38.2 Å². The Hall–Kier alpha value is -3.19. The summed E-state index contributed by atoms with van der Waals surface area (Å²) in [6.45, 7) is 9.36. The molecule has 0 amide bonds. The van der Waals surface area contributed by atoms with Crippen LogP contribution in [-0.4, -0.2) is 123 Å². The van der Waals surface area contributed by atoms with Crippen LogP contribution in [-0.2, 0) is 20.9 Å². The predicted molar refractivity (Wildman–Crippen MR) is 136 cm³/mol. The third-order valence-electron chi connectivity index (χ3n) is 6.17. The van der Waals surface area contributed by atoms with Gasteiger partial charge in [-0.25, -0.2) is 14.4 Å². The van der Waals surface area contributed by atoms with Crippen molar-refractivity contribution in [3.8, 4) is 0 Å². The normalized spacial score (nSPS) is 20.8. The monoisotopic (exact) mass is 658 g/mol. The fourth-order valence-corrected chi connectivity index (χ4v) is 4.72. The number of aromatic nitrogens is 1. The van der Waals surface area contributed by atoms with Crippen molar-refractivity contribution < 1.29 is 69.2 Å². The van der Waals surface area contributed by atoms with Crippen LogP contribution < -0.4 is 0 Å². The topological polar surface area (TPSA) is 135 Å². The van der Waals surface area contributed by atoms with E-state index < -0.39 is 36.4 Å². The molecule has 2 aliphatic heterocycles. The SMILES string of the molecule is CC(C)N1[C@H](CN(C)C)C[C@@H]2CN(Cc3ccccn3)CC[C@@H]21.O=C(O)C(F)(F)F.O=C(O)C(F)(F)F.O=C(O)C(F)(F)F. The lowest BCUT2D eigenvalue weighted by Gasteiger charge is -2.40. The quantitative estimate of drug-likeness (QED) is 0.395. The Bertz CT molecular complexity index is 981. The molecular formula is C25H35F9N4O6. The number of carboxylic acids is 3. The fourth-order valence-electron chi connectivity index (χ4n) is 4.72. The summed E-state index contributed by atoms with van der Waals surface area (Å²) in [7, 11) is 4.40. The summed E-state index contributed by atoms with van der Waals surface area (Å²) in [5.41, 5.74) is 1.20. The molecule has 10 nitrogen and oxygen atoms in total. The number of likely N-dealkylation sites (N-methyl/N-ethyl adjacent to an activating group) is 1. The molecule has 254 valence electrons. The van der Waals surface area contributed by atoms with Gasteiger partial charge in [0.15, 0.2) is 0 Å². The Balaban J connectivity index is 0.000000721. The van der Waals surface area contributed by atoms with Crippen molar-refractivity contribution in [3.05, 3.63) is 30.1 Å². The molecule has 1 aromatic heterocycles. The zero-order valence-electron chi connectivity index (χ0n) is 24.1. The van der Waals surface area contributed by atoms with Crippen LogP contribution in [0.3, 0.4) is 0 Å². The first-order valence-corrected chi connectivity index (χ1v) is 12.8. The van der Waals surface area contributed by atoms with Crippen LogP contribution in [0.2, 0.25) is 0 Å². The molecule has 3 rings (SSSR count). The third kappa shape index (κ3) is 15.5. The summed E-state index contributed by atoms with van der Waals surface area (Å²) in [6, 6.07) is 8.39. The third-order valence-corrected chi connectivity index (χ3v) is 6.17. The molecule has 0 aromatic carbocycles. The van der Waals surface area contributed by atoms with Crippen LogP contribution in [0.5, 0.6) is 0 Å². The molecule has 2 fully saturated rings. The molecule has 2 aliphatic rings. The summed E-state index contributed by atoms with van der Waals surface area (Å²) in [4.78, 5) is 39.0. The average Bonchev–Trinajstić information content (AvgIpc) is 3.20. The Labute approximate surface area is 247 Å². The summed E-state index contributed by atoms with van der Waals surface area (Å²) < 4.78 is 95.2. The molecule has 19 heteroatoms. The van der Waals surface area contributed by atoms with Gasteiger partial charge in [-0.15, -0.1) is 0 Å². The van der Waals surface area contributed by atoms with E-state index in [1.54, 1.807) is 0 Å². The van der Waals surface area contributed by atoms with E-state index in [4.69, 9.17) is 29.7 Å².